The van der Waals surface area contributed by atoms with Crippen molar-refractivity contribution in [3.05, 3.63) is 47.5 Å². The molecule has 0 amide bonds. The van der Waals surface area contributed by atoms with Crippen LogP contribution in [0.5, 0.6) is 5.75 Å². The zero-order chi connectivity index (χ0) is 12.7. The summed E-state index contributed by atoms with van der Waals surface area (Å²) in [5.74, 6) is 1.06. The molecule has 0 aromatic heterocycles. The quantitative estimate of drug-likeness (QED) is 0.835. The van der Waals surface area contributed by atoms with Crippen molar-refractivity contribution in [2.75, 3.05) is 18.5 Å². The van der Waals surface area contributed by atoms with Gasteiger partial charge in [0.15, 0.2) is 0 Å². The molecule has 4 rings (SSSR count). The zero-order valence-corrected chi connectivity index (χ0v) is 10.9. The summed E-state index contributed by atoms with van der Waals surface area (Å²) in [6.45, 7) is 1.90. The Hall–Kier alpha value is -1.96. The van der Waals surface area contributed by atoms with Crippen LogP contribution < -0.4 is 10.1 Å². The molecular formula is C17H17NO. The molecule has 2 heteroatoms. The topological polar surface area (TPSA) is 21.3 Å². The normalized spacial score (nSPS) is 16.2. The summed E-state index contributed by atoms with van der Waals surface area (Å²) < 4.78 is 5.59. The molecule has 0 aliphatic carbocycles. The summed E-state index contributed by atoms with van der Waals surface area (Å²) in [5.41, 5.74) is 6.74. The molecule has 0 bridgehead atoms. The van der Waals surface area contributed by atoms with Crippen molar-refractivity contribution in [1.29, 1.82) is 0 Å². The average molecular weight is 251 g/mol. The molecule has 2 heterocycles. The van der Waals surface area contributed by atoms with Crippen molar-refractivity contribution in [2.45, 2.75) is 19.3 Å². The SMILES string of the molecule is c1cc2c(c(-c3ccc4c(c3)CCO4)c1)NCCC2. The van der Waals surface area contributed by atoms with Crippen LogP contribution in [0, 0.1) is 0 Å². The van der Waals surface area contributed by atoms with Crippen LogP contribution in [0.1, 0.15) is 17.5 Å². The second-order valence-electron chi connectivity index (χ2n) is 5.29. The van der Waals surface area contributed by atoms with Crippen molar-refractivity contribution in [3.8, 4) is 16.9 Å². The van der Waals surface area contributed by atoms with Crippen molar-refractivity contribution in [3.63, 3.8) is 0 Å². The number of hydrogen-bond donors (Lipinski definition) is 1. The van der Waals surface area contributed by atoms with E-state index in [2.05, 4.69) is 41.7 Å². The van der Waals surface area contributed by atoms with E-state index in [1.807, 2.05) is 0 Å². The maximum absolute atomic E-state index is 5.59. The fraction of sp³-hybridized carbons (Fsp3) is 0.294. The minimum Gasteiger partial charge on any atom is -0.493 e. The van der Waals surface area contributed by atoms with Crippen LogP contribution in [0.2, 0.25) is 0 Å². The lowest BCUT2D eigenvalue weighted by atomic mass is 9.94. The summed E-state index contributed by atoms with van der Waals surface area (Å²) >= 11 is 0. The molecule has 2 nitrogen and oxygen atoms in total. The fourth-order valence-corrected chi connectivity index (χ4v) is 3.10. The molecular weight excluding hydrogens is 234 g/mol. The van der Waals surface area contributed by atoms with Crippen LogP contribution in [-0.2, 0) is 12.8 Å². The Morgan fingerprint density at radius 3 is 3.00 bits per heavy atom. The van der Waals surface area contributed by atoms with Gasteiger partial charge in [0.25, 0.3) is 0 Å². The highest BCUT2D eigenvalue weighted by Crippen LogP contribution is 2.36. The van der Waals surface area contributed by atoms with Crippen LogP contribution in [0.15, 0.2) is 36.4 Å². The Balaban J connectivity index is 1.84. The molecule has 2 aliphatic heterocycles. The molecule has 0 spiro atoms. The van der Waals surface area contributed by atoms with E-state index in [1.54, 1.807) is 0 Å². The van der Waals surface area contributed by atoms with E-state index < -0.39 is 0 Å². The monoisotopic (exact) mass is 251 g/mol. The van der Waals surface area contributed by atoms with Gasteiger partial charge >= 0.3 is 0 Å². The smallest absolute Gasteiger partial charge is 0.122 e. The molecule has 0 saturated carbocycles. The molecule has 0 radical (unpaired) electrons. The highest BCUT2D eigenvalue weighted by Gasteiger charge is 2.16. The lowest BCUT2D eigenvalue weighted by Gasteiger charge is -2.21. The molecule has 19 heavy (non-hydrogen) atoms. The van der Waals surface area contributed by atoms with Gasteiger partial charge in [-0.05, 0) is 41.7 Å². The summed E-state index contributed by atoms with van der Waals surface area (Å²) in [5, 5.41) is 3.57. The standard InChI is InChI=1S/C17H17NO/c1-3-12-4-2-9-18-17(12)15(5-1)13-6-7-16-14(11-13)8-10-19-16/h1,3,5-7,11,18H,2,4,8-10H2. The van der Waals surface area contributed by atoms with Crippen molar-refractivity contribution < 1.29 is 4.74 Å². The van der Waals surface area contributed by atoms with Crippen LogP contribution in [0.3, 0.4) is 0 Å². The maximum Gasteiger partial charge on any atom is 0.122 e. The molecule has 2 aliphatic rings. The predicted molar refractivity (Wildman–Crippen MR) is 77.9 cm³/mol. The lowest BCUT2D eigenvalue weighted by molar-refractivity contribution is 0.357. The number of anilines is 1. The first-order valence-electron chi connectivity index (χ1n) is 7.04. The van der Waals surface area contributed by atoms with Crippen LogP contribution >= 0.6 is 0 Å². The minimum absolute atomic E-state index is 0.823. The van der Waals surface area contributed by atoms with Crippen LogP contribution in [-0.4, -0.2) is 13.2 Å². The second kappa shape index (κ2) is 4.30. The van der Waals surface area contributed by atoms with Gasteiger partial charge in [0.2, 0.25) is 0 Å². The first-order valence-corrected chi connectivity index (χ1v) is 7.04. The number of hydrogen-bond acceptors (Lipinski definition) is 2. The number of ether oxygens (including phenoxy) is 1. The van der Waals surface area contributed by atoms with E-state index in [-0.39, 0.29) is 0 Å². The number of fused-ring (bicyclic) bond motifs is 2. The molecule has 0 atom stereocenters. The maximum atomic E-state index is 5.59. The molecule has 0 fully saturated rings. The molecule has 2 aromatic carbocycles. The summed E-state index contributed by atoms with van der Waals surface area (Å²) in [6.07, 6.45) is 3.45. The van der Waals surface area contributed by atoms with Crippen molar-refractivity contribution >= 4 is 5.69 Å². The van der Waals surface area contributed by atoms with Gasteiger partial charge in [0, 0.05) is 24.2 Å². The van der Waals surface area contributed by atoms with Gasteiger partial charge in [-0.15, -0.1) is 0 Å². The highest BCUT2D eigenvalue weighted by atomic mass is 16.5. The predicted octanol–water partition coefficient (Wildman–Crippen LogP) is 3.65. The van der Waals surface area contributed by atoms with Crippen molar-refractivity contribution in [2.24, 2.45) is 0 Å². The van der Waals surface area contributed by atoms with Gasteiger partial charge in [-0.25, -0.2) is 0 Å². The van der Waals surface area contributed by atoms with Gasteiger partial charge in [-0.3, -0.25) is 0 Å². The Morgan fingerprint density at radius 2 is 2.00 bits per heavy atom. The Kier molecular flexibility index (Phi) is 2.47. The number of aryl methyl sites for hydroxylation is 1. The number of nitrogens with one attached hydrogen (secondary N) is 1. The Labute approximate surface area is 113 Å². The zero-order valence-electron chi connectivity index (χ0n) is 10.9. The van der Waals surface area contributed by atoms with Crippen LogP contribution in [0.25, 0.3) is 11.1 Å². The first-order chi connectivity index (χ1) is 9.42. The highest BCUT2D eigenvalue weighted by molar-refractivity contribution is 5.81. The average Bonchev–Trinajstić information content (AvgIpc) is 2.94. The summed E-state index contributed by atoms with van der Waals surface area (Å²) in [7, 11) is 0. The second-order valence-corrected chi connectivity index (χ2v) is 5.29. The fourth-order valence-electron chi connectivity index (χ4n) is 3.10. The van der Waals surface area contributed by atoms with Crippen LogP contribution in [0.4, 0.5) is 5.69 Å². The molecule has 2 aromatic rings. The third kappa shape index (κ3) is 1.79. The number of benzene rings is 2. The molecule has 1 N–H and O–H groups in total. The summed E-state index contributed by atoms with van der Waals surface area (Å²) in [6, 6.07) is 13.2. The Bertz CT molecular complexity index is 633. The van der Waals surface area contributed by atoms with Gasteiger partial charge < -0.3 is 10.1 Å². The van der Waals surface area contributed by atoms with E-state index in [1.165, 1.54) is 40.8 Å². The van der Waals surface area contributed by atoms with E-state index in [4.69, 9.17) is 4.74 Å². The van der Waals surface area contributed by atoms with Gasteiger partial charge in [0.1, 0.15) is 5.75 Å². The molecule has 96 valence electrons. The lowest BCUT2D eigenvalue weighted by Crippen LogP contribution is -2.12. The summed E-state index contributed by atoms with van der Waals surface area (Å²) in [4.78, 5) is 0. The van der Waals surface area contributed by atoms with Gasteiger partial charge in [-0.2, -0.15) is 0 Å². The first kappa shape index (κ1) is 10.9. The third-order valence-corrected chi connectivity index (χ3v) is 4.08. The van der Waals surface area contributed by atoms with E-state index in [9.17, 15) is 0 Å². The molecule has 0 unspecified atom stereocenters. The van der Waals surface area contributed by atoms with E-state index in [0.29, 0.717) is 0 Å². The van der Waals surface area contributed by atoms with E-state index in [0.717, 1.165) is 25.3 Å². The van der Waals surface area contributed by atoms with Gasteiger partial charge in [0.05, 0.1) is 6.61 Å². The Morgan fingerprint density at radius 1 is 1.00 bits per heavy atom. The molecule has 0 saturated heterocycles. The number of para-hydroxylation sites is 1. The van der Waals surface area contributed by atoms with Gasteiger partial charge in [-0.1, -0.05) is 24.3 Å². The van der Waals surface area contributed by atoms with Crippen molar-refractivity contribution in [1.82, 2.24) is 0 Å². The largest absolute Gasteiger partial charge is 0.493 e. The van der Waals surface area contributed by atoms with E-state index >= 15 is 0 Å². The third-order valence-electron chi connectivity index (χ3n) is 4.08. The number of rotatable bonds is 1. The minimum atomic E-state index is 0.823.